The number of esters is 1. The maximum atomic E-state index is 13.8. The van der Waals surface area contributed by atoms with Gasteiger partial charge in [-0.1, -0.05) is 12.2 Å². The van der Waals surface area contributed by atoms with E-state index >= 15 is 0 Å². The van der Waals surface area contributed by atoms with E-state index in [9.17, 15) is 9.18 Å². The first-order valence-corrected chi connectivity index (χ1v) is 6.87. The Morgan fingerprint density at radius 3 is 2.80 bits per heavy atom. The number of rotatable bonds is 4. The normalized spacial score (nSPS) is 17.9. The number of benzene rings is 1. The lowest BCUT2D eigenvalue weighted by molar-refractivity contribution is 0.0431. The highest BCUT2D eigenvalue weighted by Gasteiger charge is 2.15. The van der Waals surface area contributed by atoms with Crippen molar-refractivity contribution in [3.8, 4) is 0 Å². The van der Waals surface area contributed by atoms with Crippen molar-refractivity contribution in [1.82, 2.24) is 0 Å². The lowest BCUT2D eigenvalue weighted by Gasteiger charge is -2.18. The quantitative estimate of drug-likeness (QED) is 0.624. The second-order valence-corrected chi connectivity index (χ2v) is 5.31. The molecule has 4 heteroatoms. The molecule has 0 spiro atoms. The number of allylic oxidation sites excluding steroid dienone is 2. The van der Waals surface area contributed by atoms with E-state index in [1.165, 1.54) is 6.07 Å². The minimum absolute atomic E-state index is 0.263. The Bertz CT molecular complexity index is 511. The molecule has 0 heterocycles. The molecule has 3 nitrogen and oxygen atoms in total. The molecule has 1 unspecified atom stereocenters. The van der Waals surface area contributed by atoms with Gasteiger partial charge in [0.1, 0.15) is 5.82 Å². The van der Waals surface area contributed by atoms with Gasteiger partial charge in [0, 0.05) is 14.1 Å². The van der Waals surface area contributed by atoms with E-state index in [1.807, 2.05) is 0 Å². The lowest BCUT2D eigenvalue weighted by Crippen LogP contribution is -2.16. The van der Waals surface area contributed by atoms with Crippen molar-refractivity contribution in [2.75, 3.05) is 25.6 Å². The Kier molecular flexibility index (Phi) is 4.77. The molecule has 0 aromatic heterocycles. The van der Waals surface area contributed by atoms with Crippen LogP contribution in [0.4, 0.5) is 10.1 Å². The minimum Gasteiger partial charge on any atom is -0.462 e. The third-order valence-electron chi connectivity index (χ3n) is 3.49. The predicted molar refractivity (Wildman–Crippen MR) is 77.5 cm³/mol. The summed E-state index contributed by atoms with van der Waals surface area (Å²) in [5.41, 5.74) is 0.721. The largest absolute Gasteiger partial charge is 0.462 e. The van der Waals surface area contributed by atoms with Gasteiger partial charge in [0.2, 0.25) is 0 Å². The van der Waals surface area contributed by atoms with Crippen LogP contribution in [0.25, 0.3) is 0 Å². The van der Waals surface area contributed by atoms with Gasteiger partial charge in [-0.2, -0.15) is 0 Å². The van der Waals surface area contributed by atoms with Gasteiger partial charge in [-0.25, -0.2) is 9.18 Å². The first kappa shape index (κ1) is 14.6. The van der Waals surface area contributed by atoms with Crippen LogP contribution in [0.5, 0.6) is 0 Å². The van der Waals surface area contributed by atoms with E-state index in [1.54, 1.807) is 31.1 Å². The van der Waals surface area contributed by atoms with E-state index in [2.05, 4.69) is 12.2 Å². The maximum absolute atomic E-state index is 13.8. The van der Waals surface area contributed by atoms with E-state index in [0.29, 0.717) is 18.2 Å². The van der Waals surface area contributed by atoms with Gasteiger partial charge in [-0.15, -0.1) is 0 Å². The Hall–Kier alpha value is -1.84. The van der Waals surface area contributed by atoms with Gasteiger partial charge >= 0.3 is 5.97 Å². The fourth-order valence-electron chi connectivity index (χ4n) is 2.28. The number of halogens is 1. The van der Waals surface area contributed by atoms with Crippen LogP contribution in [0.2, 0.25) is 0 Å². The van der Waals surface area contributed by atoms with E-state index in [0.717, 1.165) is 19.3 Å². The number of hydrogen-bond acceptors (Lipinski definition) is 3. The van der Waals surface area contributed by atoms with Crippen molar-refractivity contribution in [1.29, 1.82) is 0 Å². The Morgan fingerprint density at radius 1 is 1.40 bits per heavy atom. The molecular formula is C16H20FNO2. The summed E-state index contributed by atoms with van der Waals surface area (Å²) >= 11 is 0. The SMILES string of the molecule is CN(C)c1ccc(C(=O)OCC2CC=CCC2)cc1F. The number of hydrogen-bond donors (Lipinski definition) is 0. The zero-order chi connectivity index (χ0) is 14.5. The van der Waals surface area contributed by atoms with Gasteiger partial charge in [0.25, 0.3) is 0 Å². The van der Waals surface area contributed by atoms with Gasteiger partial charge < -0.3 is 9.64 Å². The molecule has 0 N–H and O–H groups in total. The third-order valence-corrected chi connectivity index (χ3v) is 3.49. The van der Waals surface area contributed by atoms with E-state index < -0.39 is 11.8 Å². The molecule has 1 aliphatic carbocycles. The van der Waals surface area contributed by atoms with Crippen LogP contribution in [0.3, 0.4) is 0 Å². The molecule has 1 aliphatic rings. The van der Waals surface area contributed by atoms with Crippen LogP contribution in [0.15, 0.2) is 30.4 Å². The third kappa shape index (κ3) is 3.59. The van der Waals surface area contributed by atoms with Crippen molar-refractivity contribution in [2.24, 2.45) is 5.92 Å². The summed E-state index contributed by atoms with van der Waals surface area (Å²) in [5.74, 6) is -0.483. The van der Waals surface area contributed by atoms with E-state index in [-0.39, 0.29) is 5.56 Å². The maximum Gasteiger partial charge on any atom is 0.338 e. The molecule has 1 aromatic carbocycles. The Balaban J connectivity index is 1.95. The first-order chi connectivity index (χ1) is 9.58. The summed E-state index contributed by atoms with van der Waals surface area (Å²) in [4.78, 5) is 13.6. The average Bonchev–Trinajstić information content (AvgIpc) is 2.45. The van der Waals surface area contributed by atoms with Crippen LogP contribution in [0, 0.1) is 11.7 Å². The molecule has 20 heavy (non-hydrogen) atoms. The van der Waals surface area contributed by atoms with Crippen molar-refractivity contribution < 1.29 is 13.9 Å². The van der Waals surface area contributed by atoms with Crippen molar-refractivity contribution in [3.63, 3.8) is 0 Å². The molecule has 2 rings (SSSR count). The standard InChI is InChI=1S/C16H20FNO2/c1-18(2)15-9-8-13(10-14(15)17)16(19)20-11-12-6-4-3-5-7-12/h3-4,8-10,12H,5-7,11H2,1-2H3. The number of anilines is 1. The molecule has 108 valence electrons. The first-order valence-electron chi connectivity index (χ1n) is 6.87. The highest BCUT2D eigenvalue weighted by molar-refractivity contribution is 5.89. The lowest BCUT2D eigenvalue weighted by atomic mass is 9.95. The summed E-state index contributed by atoms with van der Waals surface area (Å²) in [6.07, 6.45) is 7.29. The minimum atomic E-state index is -0.455. The molecular weight excluding hydrogens is 257 g/mol. The summed E-state index contributed by atoms with van der Waals surface area (Å²) < 4.78 is 19.1. The van der Waals surface area contributed by atoms with Crippen molar-refractivity contribution >= 4 is 11.7 Å². The monoisotopic (exact) mass is 277 g/mol. The fourth-order valence-corrected chi connectivity index (χ4v) is 2.28. The summed E-state index contributed by atoms with van der Waals surface area (Å²) in [6, 6.07) is 4.43. The molecule has 1 aromatic rings. The Morgan fingerprint density at radius 2 is 2.20 bits per heavy atom. The van der Waals surface area contributed by atoms with Crippen LogP contribution >= 0.6 is 0 Å². The summed E-state index contributed by atoms with van der Waals surface area (Å²) in [7, 11) is 3.51. The smallest absolute Gasteiger partial charge is 0.338 e. The number of ether oxygens (including phenoxy) is 1. The summed E-state index contributed by atoms with van der Waals surface area (Å²) in [6.45, 7) is 0.403. The molecule has 0 bridgehead atoms. The second kappa shape index (κ2) is 6.55. The van der Waals surface area contributed by atoms with Gasteiger partial charge in [0.15, 0.2) is 0 Å². The number of carbonyl (C=O) groups excluding carboxylic acids is 1. The number of nitrogens with zero attached hydrogens (tertiary/aromatic N) is 1. The van der Waals surface area contributed by atoms with Gasteiger partial charge in [-0.05, 0) is 43.4 Å². The van der Waals surface area contributed by atoms with E-state index in [4.69, 9.17) is 4.74 Å². The fraction of sp³-hybridized carbons (Fsp3) is 0.438. The molecule has 0 saturated carbocycles. The molecule has 1 atom stereocenters. The molecule has 0 radical (unpaired) electrons. The highest BCUT2D eigenvalue weighted by Crippen LogP contribution is 2.21. The zero-order valence-corrected chi connectivity index (χ0v) is 11.9. The molecule has 0 aliphatic heterocycles. The summed E-state index contributed by atoms with van der Waals surface area (Å²) in [5, 5.41) is 0. The van der Waals surface area contributed by atoms with Crippen LogP contribution in [-0.2, 0) is 4.74 Å². The molecule has 0 fully saturated rings. The van der Waals surface area contributed by atoms with Crippen LogP contribution in [0.1, 0.15) is 29.6 Å². The van der Waals surface area contributed by atoms with Crippen molar-refractivity contribution in [2.45, 2.75) is 19.3 Å². The van der Waals surface area contributed by atoms with Crippen LogP contribution in [-0.4, -0.2) is 26.7 Å². The predicted octanol–water partition coefficient (Wildman–Crippen LogP) is 3.40. The van der Waals surface area contributed by atoms with Gasteiger partial charge in [0.05, 0.1) is 17.9 Å². The average molecular weight is 277 g/mol. The number of carbonyl (C=O) groups is 1. The Labute approximate surface area is 119 Å². The van der Waals surface area contributed by atoms with Gasteiger partial charge in [-0.3, -0.25) is 0 Å². The van der Waals surface area contributed by atoms with Crippen LogP contribution < -0.4 is 4.90 Å². The zero-order valence-electron chi connectivity index (χ0n) is 11.9. The topological polar surface area (TPSA) is 29.5 Å². The second-order valence-electron chi connectivity index (χ2n) is 5.31. The molecule has 0 saturated heterocycles. The highest BCUT2D eigenvalue weighted by atomic mass is 19.1. The van der Waals surface area contributed by atoms with Crippen molar-refractivity contribution in [3.05, 3.63) is 41.7 Å². The molecule has 0 amide bonds.